The Balaban J connectivity index is 2.29. The molecule has 0 aliphatic rings. The highest BCUT2D eigenvalue weighted by atomic mass is 19.1. The van der Waals surface area contributed by atoms with Gasteiger partial charge < -0.3 is 5.21 Å². The minimum absolute atomic E-state index is 0.288. The Bertz CT molecular complexity index is 754. The third-order valence-electron chi connectivity index (χ3n) is 3.12. The van der Waals surface area contributed by atoms with Gasteiger partial charge in [0.25, 0.3) is 0 Å². The molecule has 0 atom stereocenters. The highest BCUT2D eigenvalue weighted by molar-refractivity contribution is 5.81. The van der Waals surface area contributed by atoms with Gasteiger partial charge in [0, 0.05) is 0 Å². The van der Waals surface area contributed by atoms with Crippen molar-refractivity contribution in [1.29, 1.82) is 0 Å². The molecule has 1 heterocycles. The highest BCUT2D eigenvalue weighted by Crippen LogP contribution is 2.19. The van der Waals surface area contributed by atoms with Gasteiger partial charge in [-0.05, 0) is 48.3 Å². The number of aryl methyl sites for hydroxylation is 1. The predicted molar refractivity (Wildman–Crippen MR) is 70.8 cm³/mol. The topological polar surface area (TPSA) is 39.8 Å². The minimum Gasteiger partial charge on any atom is -0.710 e. The average molecular weight is 254 g/mol. The lowest BCUT2D eigenvalue weighted by molar-refractivity contribution is -0.601. The van der Waals surface area contributed by atoms with E-state index in [0.717, 1.165) is 15.6 Å². The first kappa shape index (κ1) is 11.6. The third kappa shape index (κ3) is 1.91. The Morgan fingerprint density at radius 2 is 1.74 bits per heavy atom. The van der Waals surface area contributed by atoms with Crippen LogP contribution >= 0.6 is 0 Å². The molecule has 0 saturated carbocycles. The summed E-state index contributed by atoms with van der Waals surface area (Å²) in [5.74, 6) is -0.0464. The summed E-state index contributed by atoms with van der Waals surface area (Å²) < 4.78 is 13.7. The number of hydrogen-bond donors (Lipinski definition) is 0. The number of halogens is 1. The summed E-state index contributed by atoms with van der Waals surface area (Å²) in [6, 6.07) is 13.2. The summed E-state index contributed by atoms with van der Waals surface area (Å²) in [5.41, 5.74) is 1.95. The first-order chi connectivity index (χ1) is 9.16. The van der Waals surface area contributed by atoms with Gasteiger partial charge in [0.05, 0.1) is 10.9 Å². The van der Waals surface area contributed by atoms with Crippen molar-refractivity contribution in [1.82, 2.24) is 4.98 Å². The Morgan fingerprint density at radius 1 is 1.05 bits per heavy atom. The number of rotatable bonds is 1. The average Bonchev–Trinajstić information content (AvgIpc) is 2.44. The maximum Gasteiger partial charge on any atom is 0.334 e. The lowest BCUT2D eigenvalue weighted by atomic mass is 10.1. The van der Waals surface area contributed by atoms with Crippen molar-refractivity contribution in [2.45, 2.75) is 6.92 Å². The Kier molecular flexibility index (Phi) is 2.63. The quantitative estimate of drug-likeness (QED) is 0.494. The molecule has 0 fully saturated rings. The van der Waals surface area contributed by atoms with E-state index in [-0.39, 0.29) is 11.6 Å². The van der Waals surface area contributed by atoms with Crippen molar-refractivity contribution < 1.29 is 9.12 Å². The summed E-state index contributed by atoms with van der Waals surface area (Å²) >= 11 is 0. The van der Waals surface area contributed by atoms with E-state index in [1.807, 2.05) is 24.3 Å². The summed E-state index contributed by atoms with van der Waals surface area (Å²) in [5, 5.41) is 13.1. The number of para-hydroxylation sites is 1. The minimum atomic E-state index is -0.335. The van der Waals surface area contributed by atoms with E-state index in [4.69, 9.17) is 0 Å². The molecule has 1 aromatic heterocycles. The second kappa shape index (κ2) is 4.31. The Morgan fingerprint density at radius 3 is 2.47 bits per heavy atom. The molecule has 0 radical (unpaired) electrons. The van der Waals surface area contributed by atoms with Crippen molar-refractivity contribution in [2.75, 3.05) is 0 Å². The number of hydrogen-bond acceptors (Lipinski definition) is 2. The molecule has 0 spiro atoms. The molecule has 3 nitrogen and oxygen atoms in total. The van der Waals surface area contributed by atoms with Gasteiger partial charge in [0.15, 0.2) is 5.52 Å². The van der Waals surface area contributed by atoms with Crippen molar-refractivity contribution in [3.63, 3.8) is 0 Å². The molecule has 0 N–H and O–H groups in total. The SMILES string of the molecule is Cc1c2ccccc2nc(-c2ccc(F)cc2)[n+]1[O-]. The third-order valence-corrected chi connectivity index (χ3v) is 3.12. The molecule has 0 unspecified atom stereocenters. The van der Waals surface area contributed by atoms with Crippen LogP contribution in [0.5, 0.6) is 0 Å². The van der Waals surface area contributed by atoms with E-state index >= 15 is 0 Å². The predicted octanol–water partition coefficient (Wildman–Crippen LogP) is 2.98. The molecule has 4 heteroatoms. The van der Waals surface area contributed by atoms with E-state index in [2.05, 4.69) is 4.98 Å². The van der Waals surface area contributed by atoms with Crippen molar-refractivity contribution in [3.05, 3.63) is 65.2 Å². The molecule has 3 aromatic rings. The van der Waals surface area contributed by atoms with Crippen LogP contribution in [0.2, 0.25) is 0 Å². The molecule has 0 aliphatic carbocycles. The van der Waals surface area contributed by atoms with Gasteiger partial charge in [-0.1, -0.05) is 12.1 Å². The Hall–Kier alpha value is -2.49. The van der Waals surface area contributed by atoms with Gasteiger partial charge in [-0.25, -0.2) is 9.12 Å². The molecule has 3 rings (SSSR count). The van der Waals surface area contributed by atoms with Crippen molar-refractivity contribution in [2.24, 2.45) is 0 Å². The van der Waals surface area contributed by atoms with Gasteiger partial charge in [-0.2, -0.15) is 0 Å². The second-order valence-electron chi connectivity index (χ2n) is 4.34. The zero-order valence-corrected chi connectivity index (χ0v) is 10.3. The van der Waals surface area contributed by atoms with Crippen LogP contribution in [-0.2, 0) is 0 Å². The molecule has 2 aromatic carbocycles. The maximum absolute atomic E-state index is 12.9. The van der Waals surface area contributed by atoms with E-state index in [9.17, 15) is 9.60 Å². The van der Waals surface area contributed by atoms with Crippen molar-refractivity contribution in [3.8, 4) is 11.4 Å². The zero-order chi connectivity index (χ0) is 13.4. The molecule has 0 bridgehead atoms. The molecule has 0 amide bonds. The van der Waals surface area contributed by atoms with Gasteiger partial charge in [-0.15, -0.1) is 0 Å². The highest BCUT2D eigenvalue weighted by Gasteiger charge is 2.17. The molecule has 0 saturated heterocycles. The fourth-order valence-electron chi connectivity index (χ4n) is 2.09. The second-order valence-corrected chi connectivity index (χ2v) is 4.34. The van der Waals surface area contributed by atoms with Crippen LogP contribution in [0.1, 0.15) is 5.69 Å². The summed E-state index contributed by atoms with van der Waals surface area (Å²) in [7, 11) is 0. The van der Waals surface area contributed by atoms with Crippen LogP contribution < -0.4 is 4.73 Å². The summed E-state index contributed by atoms with van der Waals surface area (Å²) in [4.78, 5) is 4.36. The summed E-state index contributed by atoms with van der Waals surface area (Å²) in [6.07, 6.45) is 0. The van der Waals surface area contributed by atoms with E-state index in [1.54, 1.807) is 19.1 Å². The van der Waals surface area contributed by atoms with E-state index in [1.165, 1.54) is 12.1 Å². The van der Waals surface area contributed by atoms with Crippen LogP contribution in [0.15, 0.2) is 48.5 Å². The summed E-state index contributed by atoms with van der Waals surface area (Å²) in [6.45, 7) is 1.75. The number of fused-ring (bicyclic) bond motifs is 1. The van der Waals surface area contributed by atoms with E-state index in [0.29, 0.717) is 11.3 Å². The van der Waals surface area contributed by atoms with E-state index < -0.39 is 0 Å². The lowest BCUT2D eigenvalue weighted by Gasteiger charge is -2.11. The van der Waals surface area contributed by atoms with Gasteiger partial charge in [-0.3, -0.25) is 0 Å². The molecule has 19 heavy (non-hydrogen) atoms. The zero-order valence-electron chi connectivity index (χ0n) is 10.3. The van der Waals surface area contributed by atoms with Crippen molar-refractivity contribution >= 4 is 10.9 Å². The first-order valence-electron chi connectivity index (χ1n) is 5.91. The number of benzene rings is 2. The maximum atomic E-state index is 12.9. The molecule has 0 aliphatic heterocycles. The fraction of sp³-hybridized carbons (Fsp3) is 0.0667. The van der Waals surface area contributed by atoms with Crippen LogP contribution in [0.25, 0.3) is 22.3 Å². The van der Waals surface area contributed by atoms with Gasteiger partial charge >= 0.3 is 5.82 Å². The molecular formula is C15H11FN2O. The normalized spacial score (nSPS) is 10.8. The Labute approximate surface area is 109 Å². The monoisotopic (exact) mass is 254 g/mol. The molecular weight excluding hydrogens is 243 g/mol. The van der Waals surface area contributed by atoms with Crippen LogP contribution in [-0.4, -0.2) is 4.98 Å². The fourth-order valence-corrected chi connectivity index (χ4v) is 2.09. The van der Waals surface area contributed by atoms with Crippen LogP contribution in [0.3, 0.4) is 0 Å². The van der Waals surface area contributed by atoms with Gasteiger partial charge in [0.2, 0.25) is 0 Å². The van der Waals surface area contributed by atoms with Gasteiger partial charge in [0.1, 0.15) is 11.5 Å². The number of aromatic nitrogens is 2. The van der Waals surface area contributed by atoms with Crippen LogP contribution in [0.4, 0.5) is 4.39 Å². The standard InChI is InChI=1S/C15H11FN2O/c1-10-13-4-2-3-5-14(13)17-15(18(10)19)11-6-8-12(16)9-7-11/h2-9H,1H3. The van der Waals surface area contributed by atoms with Crippen LogP contribution in [0, 0.1) is 17.9 Å². The lowest BCUT2D eigenvalue weighted by Crippen LogP contribution is -2.34. The molecule has 94 valence electrons. The first-order valence-corrected chi connectivity index (χ1v) is 5.91. The smallest absolute Gasteiger partial charge is 0.334 e. The number of nitrogens with zero attached hydrogens (tertiary/aromatic N) is 2. The largest absolute Gasteiger partial charge is 0.710 e.